The lowest BCUT2D eigenvalue weighted by molar-refractivity contribution is -0.380. The number of carbonyl (C=O) groups excluding carboxylic acids is 17. The Balaban J connectivity index is 0.000000404. The number of carbonyl (C=O) groups is 17. The Morgan fingerprint density at radius 2 is 0.835 bits per heavy atom. The van der Waals surface area contributed by atoms with Gasteiger partial charge in [0, 0.05) is 6.42 Å². The van der Waals surface area contributed by atoms with Gasteiger partial charge in [0.05, 0.1) is 56.0 Å². The quantitative estimate of drug-likeness (QED) is 0.0290. The van der Waals surface area contributed by atoms with Gasteiger partial charge in [0.2, 0.25) is 0 Å². The fraction of sp³-hybridized carbons (Fsp3) is 0.759. The van der Waals surface area contributed by atoms with E-state index in [0.29, 0.717) is 51.4 Å². The first-order valence-corrected chi connectivity index (χ1v) is 41.3. The Morgan fingerprint density at radius 3 is 1.22 bits per heavy atom. The molecule has 42 nitrogen and oxygen atoms in total. The fourth-order valence-electron chi connectivity index (χ4n) is 13.9. The Morgan fingerprint density at radius 1 is 0.396 bits per heavy atom. The van der Waals surface area contributed by atoms with Crippen LogP contribution in [-0.2, 0) is 157 Å². The standard InChI is InChI=1S/C14H24F2O3.C12H14F2O5.C9H12F2O5.C8H8F2O6.2C8H10F2O5.C8H10F2O3.2C6H6F2O5/c15-14(16,13(17)18)19-12-10-8-6-4-2-1-3-5-7-9-11-12;13-12(14,11(16)17)19-9-6-1-5-2-7(4-6)18-10(15)8(9)3-5;1-4-6(12)15-5(2)8(4,3)16-9(10,11)7(13)14;1-7(2)3(4(11)15-6(7)14)16-8(9,10)5(12)13;1-7(2)4(3-5(11)15-7)14-8(9,10)6(12)13;1-4-7(2,3-5(11)14-4)15-8(9,10)6(12)13;9-8(10,7(11)12)13-6-4-2-1-3-5-6;7-6(8,5(10)11)13-3-1-4(9)12-2-3;7-6(8,5(10)11)13-3-1-2-12-4(3)9/h12H,1-11H2,(H,17,18);5-9H,1-4H2,(H,16,17);4-5H,1-3H3,(H,13,14);3H,1-2H3,(H,12,13);2*4H,3H2,1-2H3,(H,12,13);1-2,6H,3-5H2,(H,11,12);2*3H,1-2H2,(H,10,11)/p-9. The summed E-state index contributed by atoms with van der Waals surface area (Å²) in [6, 6.07) is 0. The van der Waals surface area contributed by atoms with Crippen molar-refractivity contribution in [3.05, 3.63) is 12.2 Å². The molecule has 4 aliphatic carbocycles. The fourth-order valence-corrected chi connectivity index (χ4v) is 13.9. The predicted molar refractivity (Wildman–Crippen MR) is 381 cm³/mol. The van der Waals surface area contributed by atoms with Crippen LogP contribution >= 0.6 is 0 Å². The average molecular weight is 2050 g/mol. The first-order valence-electron chi connectivity index (χ1n) is 41.3. The molecule has 0 radical (unpaired) electrons. The number of esters is 8. The number of allylic oxidation sites excluding steroid dienone is 1. The first kappa shape index (κ1) is 122. The van der Waals surface area contributed by atoms with Crippen LogP contribution in [0.1, 0.15) is 204 Å². The molecule has 0 aromatic carbocycles. The molecule has 0 amide bonds. The lowest BCUT2D eigenvalue weighted by atomic mass is 9.66. The molecule has 8 heterocycles. The Bertz CT molecular complexity index is 4340. The first-order chi connectivity index (χ1) is 63.3. The summed E-state index contributed by atoms with van der Waals surface area (Å²) in [5.41, 5.74) is -6.28. The van der Waals surface area contributed by atoms with Gasteiger partial charge in [-0.05, 0) is 132 Å². The smallest absolute Gasteiger partial charge is 0.398 e. The van der Waals surface area contributed by atoms with Gasteiger partial charge in [-0.3, -0.25) is 33.5 Å². The van der Waals surface area contributed by atoms with Crippen molar-refractivity contribution in [1.29, 1.82) is 0 Å². The normalized spacial score (nSPS) is 27.9. The second-order valence-electron chi connectivity index (χ2n) is 33.4. The molecule has 15 atom stereocenters. The van der Waals surface area contributed by atoms with Crippen molar-refractivity contribution < 1.29 is 282 Å². The molecule has 15 unspecified atom stereocenters. The minimum atomic E-state index is -4.66. The lowest BCUT2D eigenvalue weighted by Gasteiger charge is -2.42. The highest BCUT2D eigenvalue weighted by Gasteiger charge is 2.60. The number of hydrogen-bond donors (Lipinski definition) is 0. The van der Waals surface area contributed by atoms with E-state index in [9.17, 15) is 206 Å². The molecule has 60 heteroatoms. The summed E-state index contributed by atoms with van der Waals surface area (Å²) >= 11 is 0. The number of aliphatic carboxylic acids is 9. The van der Waals surface area contributed by atoms with E-state index in [1.165, 1.54) is 67.7 Å². The number of fused-ring (bicyclic) bond motifs is 1. The van der Waals surface area contributed by atoms with E-state index in [1.54, 1.807) is 6.08 Å². The number of carboxylic acid groups (broad SMARTS) is 9. The van der Waals surface area contributed by atoms with Crippen LogP contribution in [0.2, 0.25) is 0 Å². The molecule has 139 heavy (non-hydrogen) atoms. The average Bonchev–Trinajstić information content (AvgIpc) is 1.67. The molecular weight excluding hydrogens is 1960 g/mol. The van der Waals surface area contributed by atoms with Gasteiger partial charge in [-0.1, -0.05) is 69.9 Å². The molecule has 11 fully saturated rings. The van der Waals surface area contributed by atoms with Crippen molar-refractivity contribution in [2.24, 2.45) is 29.1 Å². The minimum Gasteiger partial charge on any atom is -0.542 e. The van der Waals surface area contributed by atoms with Gasteiger partial charge in [-0.25, -0.2) is 9.59 Å². The third-order valence-electron chi connectivity index (χ3n) is 21.8. The van der Waals surface area contributed by atoms with Crippen LogP contribution in [0.25, 0.3) is 0 Å². The molecule has 0 spiro atoms. The van der Waals surface area contributed by atoms with Gasteiger partial charge in [-0.15, -0.1) is 0 Å². The Labute approximate surface area is 772 Å². The van der Waals surface area contributed by atoms with Gasteiger partial charge >= 0.3 is 103 Å². The highest BCUT2D eigenvalue weighted by Crippen LogP contribution is 2.50. The van der Waals surface area contributed by atoms with Crippen molar-refractivity contribution >= 4 is 101 Å². The highest BCUT2D eigenvalue weighted by molar-refractivity contribution is 6.00. The second-order valence-corrected chi connectivity index (χ2v) is 33.4. The number of rotatable bonds is 27. The topological polar surface area (TPSA) is 645 Å². The molecule has 8 saturated heterocycles. The number of carboxylic acids is 9. The van der Waals surface area contributed by atoms with E-state index >= 15 is 0 Å². The monoisotopic (exact) mass is 2050 g/mol. The van der Waals surface area contributed by atoms with Crippen molar-refractivity contribution in [1.82, 2.24) is 0 Å². The van der Waals surface area contributed by atoms with Crippen LogP contribution in [0.3, 0.4) is 0 Å². The van der Waals surface area contributed by atoms with Gasteiger partial charge in [-0.2, -0.15) is 79.0 Å². The van der Waals surface area contributed by atoms with Crippen LogP contribution in [0.4, 0.5) is 79.0 Å². The summed E-state index contributed by atoms with van der Waals surface area (Å²) < 4.78 is 296. The van der Waals surface area contributed by atoms with Crippen molar-refractivity contribution in [2.45, 2.75) is 336 Å². The third kappa shape index (κ3) is 36.7. The lowest BCUT2D eigenvalue weighted by Crippen LogP contribution is -2.53. The van der Waals surface area contributed by atoms with Gasteiger partial charge in [0.1, 0.15) is 113 Å². The zero-order valence-electron chi connectivity index (χ0n) is 74.2. The number of ether oxygens (including phenoxy) is 16. The molecule has 794 valence electrons. The van der Waals surface area contributed by atoms with Gasteiger partial charge < -0.3 is 160 Å². The van der Waals surface area contributed by atoms with Gasteiger partial charge in [0.15, 0.2) is 12.2 Å². The van der Waals surface area contributed by atoms with Crippen LogP contribution in [0.15, 0.2) is 12.2 Å². The van der Waals surface area contributed by atoms with Gasteiger partial charge in [0.25, 0.3) is 0 Å². The van der Waals surface area contributed by atoms with Crippen molar-refractivity contribution in [3.63, 3.8) is 0 Å². The molecule has 4 bridgehead atoms. The molecule has 0 aromatic rings. The van der Waals surface area contributed by atoms with E-state index < -0.39 is 258 Å². The zero-order chi connectivity index (χ0) is 107. The predicted octanol–water partition coefficient (Wildman–Crippen LogP) is -1.74. The van der Waals surface area contributed by atoms with Crippen molar-refractivity contribution in [3.8, 4) is 0 Å². The molecule has 3 saturated carbocycles. The minimum absolute atomic E-state index is 0.0490. The van der Waals surface area contributed by atoms with Crippen molar-refractivity contribution in [2.75, 3.05) is 13.2 Å². The van der Waals surface area contributed by atoms with E-state index in [2.05, 4.69) is 66.3 Å². The number of halogens is 18. The molecule has 0 N–H and O–H groups in total. The van der Waals surface area contributed by atoms with Crippen LogP contribution in [-0.4, -0.2) is 248 Å². The summed E-state index contributed by atoms with van der Waals surface area (Å²) in [5.74, 6) is -32.0. The number of cyclic esters (lactones) is 7. The van der Waals surface area contributed by atoms with E-state index in [-0.39, 0.29) is 44.0 Å². The Hall–Kier alpha value is -10.7. The summed E-state index contributed by atoms with van der Waals surface area (Å²) in [6.07, 6.45) is -33.7. The largest absolute Gasteiger partial charge is 0.542 e. The molecule has 12 rings (SSSR count). The Kier molecular flexibility index (Phi) is 43.7. The van der Waals surface area contributed by atoms with Crippen LogP contribution in [0, 0.1) is 29.1 Å². The maximum atomic E-state index is 13.2. The molecule has 12 aliphatic rings. The summed E-state index contributed by atoms with van der Waals surface area (Å²) in [4.78, 5) is 178. The second kappa shape index (κ2) is 49.6. The summed E-state index contributed by atoms with van der Waals surface area (Å²) in [6.45, 7) is 11.0. The molecular formula is C79H91F18O42-9. The number of alkyl halides is 18. The van der Waals surface area contributed by atoms with Crippen LogP contribution in [0.5, 0.6) is 0 Å². The molecule has 0 aromatic heterocycles. The summed E-state index contributed by atoms with van der Waals surface area (Å²) in [7, 11) is 0. The van der Waals surface area contributed by atoms with E-state index in [0.717, 1.165) is 58.8 Å². The summed E-state index contributed by atoms with van der Waals surface area (Å²) in [5, 5.41) is 90.2. The van der Waals surface area contributed by atoms with E-state index in [1.807, 2.05) is 6.08 Å². The zero-order valence-corrected chi connectivity index (χ0v) is 74.2. The maximum Gasteiger partial charge on any atom is 0.398 e. The van der Waals surface area contributed by atoms with Crippen LogP contribution < -0.4 is 46.0 Å². The third-order valence-corrected chi connectivity index (χ3v) is 21.8. The maximum absolute atomic E-state index is 13.2. The molecule has 8 aliphatic heterocycles. The highest BCUT2D eigenvalue weighted by atomic mass is 19.3. The van der Waals surface area contributed by atoms with E-state index in [4.69, 9.17) is 9.47 Å². The number of hydrogen-bond acceptors (Lipinski definition) is 42. The SMILES string of the molecule is CC1(C)C(=O)OC(=O)C1OC(F)(F)C(=O)[O-].CC1(C)OC(=O)CC1OC(F)(F)C(=O)[O-].CC1OC(=O)C(C)C1(C)OC(F)(F)C(=O)[O-].CC1OC(=O)CC1(C)OC(F)(F)C(=O)[O-].O=C([O-])C(F)(F)OC1CC=CCC1.O=C([O-])C(F)(F)OC1CCCCCCCCCCC1.O=C1CC(OC(F)(F)C(=O)[O-])CO1.O=C1OC2CC3CC(C2)C(OC(F)(F)C(=O)[O-])C1C3.O=C1OCCC1OC(F)(F)C(=O)[O-].